The largest absolute Gasteiger partial charge is 0.330 e. The zero-order valence-corrected chi connectivity index (χ0v) is 15.2. The number of hydrogen-bond donors (Lipinski definition) is 1. The van der Waals surface area contributed by atoms with E-state index in [0.29, 0.717) is 5.82 Å². The number of pyridine rings is 2. The van der Waals surface area contributed by atoms with Gasteiger partial charge in [-0.15, -0.1) is 0 Å². The lowest BCUT2D eigenvalue weighted by atomic mass is 10.1. The molecule has 0 unspecified atom stereocenters. The summed E-state index contributed by atoms with van der Waals surface area (Å²) in [6.07, 6.45) is 7.34. The van der Waals surface area contributed by atoms with Gasteiger partial charge in [-0.1, -0.05) is 30.2 Å². The highest BCUT2D eigenvalue weighted by molar-refractivity contribution is 6.02. The third-order valence-corrected chi connectivity index (χ3v) is 4.26. The molecule has 0 atom stereocenters. The van der Waals surface area contributed by atoms with Gasteiger partial charge in [0.05, 0.1) is 24.4 Å². The van der Waals surface area contributed by atoms with Crippen LogP contribution in [0.1, 0.15) is 18.2 Å². The second-order valence-corrected chi connectivity index (χ2v) is 6.10. The van der Waals surface area contributed by atoms with E-state index in [0.717, 1.165) is 34.1 Å². The van der Waals surface area contributed by atoms with Gasteiger partial charge in [0.25, 0.3) is 0 Å². The molecule has 0 fully saturated rings. The third-order valence-electron chi connectivity index (χ3n) is 4.26. The molecule has 0 spiro atoms. The Morgan fingerprint density at radius 1 is 1.07 bits per heavy atom. The Morgan fingerprint density at radius 2 is 1.86 bits per heavy atom. The molecule has 6 nitrogen and oxygen atoms in total. The molecule has 0 aliphatic carbocycles. The molecule has 3 aromatic heterocycles. The van der Waals surface area contributed by atoms with Gasteiger partial charge in [0.1, 0.15) is 11.6 Å². The van der Waals surface area contributed by atoms with E-state index in [1.54, 1.807) is 24.7 Å². The molecule has 0 saturated carbocycles. The number of fused-ring (bicyclic) bond motifs is 1. The average molecular weight is 374 g/mol. The van der Waals surface area contributed by atoms with Crippen LogP contribution >= 0.6 is 0 Å². The molecule has 138 valence electrons. The Balaban J connectivity index is 1.59. The van der Waals surface area contributed by atoms with E-state index in [-0.39, 0.29) is 17.6 Å². The van der Waals surface area contributed by atoms with Crippen molar-refractivity contribution in [3.05, 3.63) is 78.4 Å². The van der Waals surface area contributed by atoms with E-state index in [1.165, 1.54) is 6.08 Å². The zero-order valence-electron chi connectivity index (χ0n) is 20.2. The van der Waals surface area contributed by atoms with Crippen LogP contribution in [0.5, 0.6) is 0 Å². The zero-order chi connectivity index (χ0) is 23.9. The van der Waals surface area contributed by atoms with Gasteiger partial charge >= 0.3 is 0 Å². The Morgan fingerprint density at radius 3 is 2.61 bits per heavy atom. The molecular formula is C22H19N5O. The second-order valence-electron chi connectivity index (χ2n) is 6.10. The van der Waals surface area contributed by atoms with Crippen LogP contribution in [0.2, 0.25) is 0 Å². The van der Waals surface area contributed by atoms with Crippen molar-refractivity contribution in [1.29, 1.82) is 0 Å². The number of aromatic nitrogens is 4. The first kappa shape index (κ1) is 12.6. The van der Waals surface area contributed by atoms with Crippen molar-refractivity contribution in [3.63, 3.8) is 0 Å². The summed E-state index contributed by atoms with van der Waals surface area (Å²) in [5, 5.41) is 4.25. The van der Waals surface area contributed by atoms with Gasteiger partial charge in [-0.05, 0) is 36.1 Å². The van der Waals surface area contributed by atoms with Gasteiger partial charge in [-0.3, -0.25) is 9.78 Å². The van der Waals surface area contributed by atoms with E-state index in [1.807, 2.05) is 24.6 Å². The molecule has 1 aromatic carbocycles. The molecule has 28 heavy (non-hydrogen) atoms. The summed E-state index contributed by atoms with van der Waals surface area (Å²) in [7, 11) is 1.91. The highest BCUT2D eigenvalue weighted by Crippen LogP contribution is 2.23. The summed E-state index contributed by atoms with van der Waals surface area (Å²) in [6, 6.07) is 1.44. The molecule has 0 aliphatic rings. The summed E-state index contributed by atoms with van der Waals surface area (Å²) >= 11 is 0. The maximum Gasteiger partial charge on any atom is 0.249 e. The maximum absolute atomic E-state index is 12.4. The predicted molar refractivity (Wildman–Crippen MR) is 111 cm³/mol. The van der Waals surface area contributed by atoms with E-state index in [4.69, 9.17) is 6.85 Å². The van der Waals surface area contributed by atoms with Crippen LogP contribution in [0.3, 0.4) is 0 Å². The van der Waals surface area contributed by atoms with Crippen LogP contribution in [-0.4, -0.2) is 25.4 Å². The molecule has 0 bridgehead atoms. The molecular weight excluding hydrogens is 350 g/mol. The maximum atomic E-state index is 12.4. The summed E-state index contributed by atoms with van der Waals surface area (Å²) in [5.74, 6) is 0.613. The molecule has 4 aromatic rings. The van der Waals surface area contributed by atoms with Crippen LogP contribution < -0.4 is 5.32 Å². The molecule has 0 aliphatic heterocycles. The molecule has 1 N–H and O–H groups in total. The van der Waals surface area contributed by atoms with E-state index in [2.05, 4.69) is 20.3 Å². The van der Waals surface area contributed by atoms with Crippen molar-refractivity contribution in [2.45, 2.75) is 6.92 Å². The number of aryl methyl sites for hydroxylation is 1. The summed E-state index contributed by atoms with van der Waals surface area (Å²) < 4.78 is 40.8. The van der Waals surface area contributed by atoms with Crippen LogP contribution in [-0.2, 0) is 11.8 Å². The Kier molecular flexibility index (Phi) is 3.34. The highest BCUT2D eigenvalue weighted by Gasteiger charge is 2.09. The van der Waals surface area contributed by atoms with Crippen molar-refractivity contribution < 1.29 is 11.6 Å². The van der Waals surface area contributed by atoms with Gasteiger partial charge in [-0.2, -0.15) is 0 Å². The van der Waals surface area contributed by atoms with Gasteiger partial charge < -0.3 is 9.88 Å². The number of carbonyl (C=O) groups is 1. The average Bonchev–Trinajstić information content (AvgIpc) is 3.14. The lowest BCUT2D eigenvalue weighted by Gasteiger charge is -2.06. The lowest BCUT2D eigenvalue weighted by molar-refractivity contribution is -0.111. The Labute approximate surface area is 169 Å². The first-order valence-electron chi connectivity index (χ1n) is 11.0. The predicted octanol–water partition coefficient (Wildman–Crippen LogP) is 3.99. The highest BCUT2D eigenvalue weighted by atomic mass is 16.1. The standard InChI is InChI=1S/C22H19N5O/c1-15-23-14-20(27(15)2)19-10-17-11-21(25-13-18(17)12-24-19)26-22(28)9-8-16-6-4-3-5-7-16/h3-14H,1-2H3,(H,25,26,28)/b9-8+/i3D,4D,5D,6D,7D. The number of carbonyl (C=O) groups excluding carboxylic acids is 1. The minimum absolute atomic E-state index is 0.0650. The number of nitrogens with one attached hydrogen (secondary N) is 1. The summed E-state index contributed by atoms with van der Waals surface area (Å²) in [4.78, 5) is 25.4. The fourth-order valence-electron chi connectivity index (χ4n) is 2.66. The normalized spacial score (nSPS) is 13.7. The number of hydrogen-bond acceptors (Lipinski definition) is 4. The fourth-order valence-corrected chi connectivity index (χ4v) is 2.66. The molecule has 0 radical (unpaired) electrons. The number of rotatable bonds is 4. The first-order chi connectivity index (χ1) is 15.7. The smallest absolute Gasteiger partial charge is 0.249 e. The van der Waals surface area contributed by atoms with Crippen molar-refractivity contribution in [3.8, 4) is 11.4 Å². The molecule has 6 heteroatoms. The molecule has 1 amide bonds. The van der Waals surface area contributed by atoms with Crippen LogP contribution in [0.15, 0.2) is 67.0 Å². The fraction of sp³-hybridized carbons (Fsp3) is 0.0909. The quantitative estimate of drug-likeness (QED) is 0.548. The van der Waals surface area contributed by atoms with E-state index >= 15 is 0 Å². The van der Waals surface area contributed by atoms with Crippen LogP contribution in [0.25, 0.3) is 28.2 Å². The summed E-state index contributed by atoms with van der Waals surface area (Å²) in [6.45, 7) is 1.90. The molecule has 0 saturated heterocycles. The monoisotopic (exact) mass is 374 g/mol. The van der Waals surface area contributed by atoms with E-state index in [9.17, 15) is 4.79 Å². The van der Waals surface area contributed by atoms with Gasteiger partial charge in [0.15, 0.2) is 0 Å². The Hall–Kier alpha value is -3.80. The number of amides is 1. The second kappa shape index (κ2) is 7.44. The van der Waals surface area contributed by atoms with Gasteiger partial charge in [0.2, 0.25) is 5.91 Å². The first-order valence-corrected chi connectivity index (χ1v) is 8.48. The van der Waals surface area contributed by atoms with Gasteiger partial charge in [0, 0.05) is 30.9 Å². The number of nitrogens with zero attached hydrogens (tertiary/aromatic N) is 4. The lowest BCUT2D eigenvalue weighted by Crippen LogP contribution is -2.09. The minimum atomic E-state index is -0.551. The van der Waals surface area contributed by atoms with Gasteiger partial charge in [-0.25, -0.2) is 9.97 Å². The van der Waals surface area contributed by atoms with E-state index < -0.39 is 24.0 Å². The number of benzene rings is 1. The minimum Gasteiger partial charge on any atom is -0.330 e. The molecule has 3 heterocycles. The SMILES string of the molecule is [2H]c1c([2H])c([2H])c(/C=C/C(=O)Nc2cc3cc(-c4cnc(C)n4C)ncc3cn2)c([2H])c1[2H]. The topological polar surface area (TPSA) is 72.7 Å². The third kappa shape index (κ3) is 3.66. The summed E-state index contributed by atoms with van der Waals surface area (Å²) in [5.41, 5.74) is 1.53. The van der Waals surface area contributed by atoms with Crippen molar-refractivity contribution >= 4 is 28.6 Å². The van der Waals surface area contributed by atoms with Crippen molar-refractivity contribution in [2.24, 2.45) is 7.05 Å². The van der Waals surface area contributed by atoms with Crippen LogP contribution in [0.4, 0.5) is 5.82 Å². The molecule has 4 rings (SSSR count). The number of imidazole rings is 1. The van der Waals surface area contributed by atoms with Crippen LogP contribution in [0, 0.1) is 6.92 Å². The Bertz CT molecular complexity index is 1420. The number of anilines is 1. The van der Waals surface area contributed by atoms with Crippen molar-refractivity contribution in [2.75, 3.05) is 5.32 Å². The van der Waals surface area contributed by atoms with Crippen molar-refractivity contribution in [1.82, 2.24) is 19.5 Å².